The number of carbonyl (C=O) groups is 2. The Hall–Kier alpha value is -3.99. The summed E-state index contributed by atoms with van der Waals surface area (Å²) in [5.74, 6) is -0.0458. The lowest BCUT2D eigenvalue weighted by Gasteiger charge is -2.32. The molecule has 1 aromatic carbocycles. The zero-order valence-corrected chi connectivity index (χ0v) is 27.0. The molecule has 0 unspecified atom stereocenters. The first-order valence-corrected chi connectivity index (χ1v) is 16.7. The van der Waals surface area contributed by atoms with Gasteiger partial charge in [-0.1, -0.05) is 24.3 Å². The quantitative estimate of drug-likeness (QED) is 0.174. The van der Waals surface area contributed by atoms with Crippen molar-refractivity contribution in [2.75, 3.05) is 19.7 Å². The van der Waals surface area contributed by atoms with E-state index in [0.717, 1.165) is 73.8 Å². The smallest absolute Gasteiger partial charge is 0.434 e. The van der Waals surface area contributed by atoms with E-state index in [2.05, 4.69) is 35.2 Å². The second-order valence-electron chi connectivity index (χ2n) is 12.2. The summed E-state index contributed by atoms with van der Waals surface area (Å²) < 4.78 is 47.8. The topological polar surface area (TPSA) is 77.3 Å². The number of thiophene rings is 1. The molecule has 6 rings (SSSR count). The fourth-order valence-corrected chi connectivity index (χ4v) is 7.43. The largest absolute Gasteiger partial charge is 0.462 e. The van der Waals surface area contributed by atoms with Gasteiger partial charge >= 0.3 is 12.1 Å². The van der Waals surface area contributed by atoms with E-state index in [0.29, 0.717) is 22.2 Å². The number of aryl methyl sites for hydroxylation is 3. The van der Waals surface area contributed by atoms with Gasteiger partial charge in [-0.2, -0.15) is 18.3 Å². The number of nitrogens with zero attached hydrogens (tertiary/aromatic N) is 4. The highest BCUT2D eigenvalue weighted by molar-refractivity contribution is 7.13. The van der Waals surface area contributed by atoms with Gasteiger partial charge in [0.05, 0.1) is 23.4 Å². The molecule has 1 saturated carbocycles. The molecule has 1 aliphatic carbocycles. The van der Waals surface area contributed by atoms with E-state index in [-0.39, 0.29) is 18.3 Å². The summed E-state index contributed by atoms with van der Waals surface area (Å²) in [6, 6.07) is 11.6. The Balaban J connectivity index is 1.18. The first kappa shape index (κ1) is 32.0. The number of hydrogen-bond donors (Lipinski definition) is 0. The van der Waals surface area contributed by atoms with Crippen LogP contribution in [0.3, 0.4) is 0 Å². The molecule has 0 bridgehead atoms. The molecule has 1 amide bonds. The molecule has 242 valence electrons. The molecule has 7 nitrogen and oxygen atoms in total. The maximum atomic E-state index is 14.1. The fourth-order valence-electron chi connectivity index (χ4n) is 6.35. The van der Waals surface area contributed by atoms with Crippen molar-refractivity contribution in [2.24, 2.45) is 5.92 Å². The van der Waals surface area contributed by atoms with Crippen molar-refractivity contribution in [3.8, 4) is 16.4 Å². The number of likely N-dealkylation sites (tertiary alicyclic amines) is 1. The Bertz CT molecular complexity index is 1750. The Labute approximate surface area is 270 Å². The van der Waals surface area contributed by atoms with Crippen LogP contribution in [0.5, 0.6) is 0 Å². The van der Waals surface area contributed by atoms with E-state index in [1.807, 2.05) is 17.2 Å². The molecule has 0 spiro atoms. The third-order valence-electron chi connectivity index (χ3n) is 9.04. The molecule has 0 radical (unpaired) electrons. The van der Waals surface area contributed by atoms with E-state index in [4.69, 9.17) is 4.74 Å². The SMILES string of the molecule is CCOC(=O)c1cnn(-c2cccc(-c3scc(C)c3CCc3ccc(C4CCN(C(=O)C5CC5)CC4)cc3C)n2)c1C(F)(F)F. The van der Waals surface area contributed by atoms with Crippen LogP contribution < -0.4 is 0 Å². The highest BCUT2D eigenvalue weighted by Gasteiger charge is 2.41. The number of ether oxygens (including phenoxy) is 1. The normalized spacial score (nSPS) is 15.7. The number of amides is 1. The minimum atomic E-state index is -4.85. The van der Waals surface area contributed by atoms with E-state index in [9.17, 15) is 22.8 Å². The van der Waals surface area contributed by atoms with Crippen molar-refractivity contribution in [1.82, 2.24) is 19.7 Å². The first-order valence-electron chi connectivity index (χ1n) is 15.8. The lowest BCUT2D eigenvalue weighted by molar-refractivity contribution is -0.143. The minimum absolute atomic E-state index is 0.0356. The zero-order chi connectivity index (χ0) is 32.6. The summed E-state index contributed by atoms with van der Waals surface area (Å²) in [7, 11) is 0. The number of alkyl halides is 3. The number of esters is 1. The van der Waals surface area contributed by atoms with Crippen molar-refractivity contribution in [2.45, 2.75) is 71.4 Å². The number of aromatic nitrogens is 3. The lowest BCUT2D eigenvalue weighted by Crippen LogP contribution is -2.38. The molecule has 46 heavy (non-hydrogen) atoms. The van der Waals surface area contributed by atoms with E-state index < -0.39 is 23.4 Å². The van der Waals surface area contributed by atoms with Gasteiger partial charge in [0.2, 0.25) is 5.91 Å². The summed E-state index contributed by atoms with van der Waals surface area (Å²) in [6.07, 6.45) is 1.67. The Morgan fingerprint density at radius 2 is 1.78 bits per heavy atom. The Morgan fingerprint density at radius 3 is 2.46 bits per heavy atom. The van der Waals surface area contributed by atoms with Gasteiger partial charge in [-0.15, -0.1) is 11.3 Å². The van der Waals surface area contributed by atoms with Crippen molar-refractivity contribution < 1.29 is 27.5 Å². The van der Waals surface area contributed by atoms with Gasteiger partial charge in [-0.25, -0.2) is 14.5 Å². The van der Waals surface area contributed by atoms with Crippen molar-refractivity contribution >= 4 is 23.2 Å². The molecule has 2 aliphatic rings. The highest BCUT2D eigenvalue weighted by Crippen LogP contribution is 2.37. The fraction of sp³-hybridized carbons (Fsp3) is 0.429. The molecule has 4 heterocycles. The van der Waals surface area contributed by atoms with Crippen molar-refractivity contribution in [1.29, 1.82) is 0 Å². The average Bonchev–Trinajstić information content (AvgIpc) is 3.67. The molecule has 1 saturated heterocycles. The zero-order valence-electron chi connectivity index (χ0n) is 26.2. The van der Waals surface area contributed by atoms with E-state index in [1.54, 1.807) is 12.1 Å². The van der Waals surface area contributed by atoms with Gasteiger partial charge in [0, 0.05) is 19.0 Å². The number of carbonyl (C=O) groups excluding carboxylic acids is 2. The highest BCUT2D eigenvalue weighted by atomic mass is 32.1. The van der Waals surface area contributed by atoms with Crippen LogP contribution in [0, 0.1) is 19.8 Å². The van der Waals surface area contributed by atoms with Crippen LogP contribution in [0.2, 0.25) is 0 Å². The summed E-state index contributed by atoms with van der Waals surface area (Å²) in [5.41, 5.74) is 4.71. The first-order chi connectivity index (χ1) is 22.0. The molecule has 2 fully saturated rings. The predicted octanol–water partition coefficient (Wildman–Crippen LogP) is 7.71. The third-order valence-corrected chi connectivity index (χ3v) is 10.2. The van der Waals surface area contributed by atoms with Crippen LogP contribution in [-0.2, 0) is 28.5 Å². The maximum Gasteiger partial charge on any atom is 0.434 e. The summed E-state index contributed by atoms with van der Waals surface area (Å²) in [6.45, 7) is 7.33. The molecule has 0 N–H and O–H groups in total. The molecular formula is C35H37F3N4O3S. The van der Waals surface area contributed by atoms with Gasteiger partial charge in [0.25, 0.3) is 0 Å². The molecule has 0 atom stereocenters. The molecule has 11 heteroatoms. The number of piperidine rings is 1. The summed E-state index contributed by atoms with van der Waals surface area (Å²) >= 11 is 1.51. The summed E-state index contributed by atoms with van der Waals surface area (Å²) in [5, 5.41) is 5.93. The van der Waals surface area contributed by atoms with Gasteiger partial charge in [-0.05, 0) is 111 Å². The standard InChI is InChI=1S/C35H37F3N4O3S/c1-4-45-34(44)28-19-39-42(32(28)35(36,37)38)30-7-5-6-29(40-30)31-27(22(3)20-46-31)13-12-23-8-11-26(18-21(23)2)24-14-16-41(17-15-24)33(43)25-9-10-25/h5-8,11,18-20,24-25H,4,9-10,12-17H2,1-3H3. The second-order valence-corrected chi connectivity index (χ2v) is 13.1. The number of hydrogen-bond acceptors (Lipinski definition) is 6. The number of pyridine rings is 1. The van der Waals surface area contributed by atoms with Crippen LogP contribution in [0.15, 0.2) is 48.0 Å². The van der Waals surface area contributed by atoms with Crippen LogP contribution in [0.25, 0.3) is 16.4 Å². The predicted molar refractivity (Wildman–Crippen MR) is 170 cm³/mol. The van der Waals surface area contributed by atoms with Crippen molar-refractivity contribution in [3.63, 3.8) is 0 Å². The van der Waals surface area contributed by atoms with Gasteiger partial charge < -0.3 is 9.64 Å². The summed E-state index contributed by atoms with van der Waals surface area (Å²) in [4.78, 5) is 32.2. The third kappa shape index (κ3) is 6.61. The van der Waals surface area contributed by atoms with Gasteiger partial charge in [0.15, 0.2) is 11.5 Å². The Kier molecular flexibility index (Phi) is 9.05. The molecular weight excluding hydrogens is 613 g/mol. The van der Waals surface area contributed by atoms with Crippen LogP contribution >= 0.6 is 11.3 Å². The molecule has 1 aliphatic heterocycles. The van der Waals surface area contributed by atoms with Crippen LogP contribution in [-0.4, -0.2) is 51.2 Å². The van der Waals surface area contributed by atoms with Crippen LogP contribution in [0.1, 0.15) is 82.4 Å². The molecule has 4 aromatic rings. The van der Waals surface area contributed by atoms with E-state index >= 15 is 0 Å². The maximum absolute atomic E-state index is 14.1. The number of benzene rings is 1. The second kappa shape index (κ2) is 13.0. The van der Waals surface area contributed by atoms with Crippen molar-refractivity contribution in [3.05, 3.63) is 87.0 Å². The number of rotatable bonds is 9. The van der Waals surface area contributed by atoms with Gasteiger partial charge in [-0.3, -0.25) is 4.79 Å². The lowest BCUT2D eigenvalue weighted by atomic mass is 9.87. The van der Waals surface area contributed by atoms with Gasteiger partial charge in [0.1, 0.15) is 5.56 Å². The Morgan fingerprint density at radius 1 is 1.02 bits per heavy atom. The molecule has 3 aromatic heterocycles. The number of halogens is 3. The van der Waals surface area contributed by atoms with Crippen LogP contribution in [0.4, 0.5) is 13.2 Å². The monoisotopic (exact) mass is 650 g/mol. The average molecular weight is 651 g/mol. The van der Waals surface area contributed by atoms with E-state index in [1.165, 1.54) is 41.0 Å². The minimum Gasteiger partial charge on any atom is -0.462 e.